The van der Waals surface area contributed by atoms with Gasteiger partial charge in [-0.1, -0.05) is 13.8 Å². The fraction of sp³-hybridized carbons (Fsp3) is 0.462. The van der Waals surface area contributed by atoms with Crippen molar-refractivity contribution in [1.82, 2.24) is 5.32 Å². The number of benzene rings is 1. The van der Waals surface area contributed by atoms with Gasteiger partial charge in [0.05, 0.1) is 0 Å². The zero-order valence-corrected chi connectivity index (χ0v) is 10.4. The maximum atomic E-state index is 12.9. The van der Waals surface area contributed by atoms with E-state index < -0.39 is 23.6 Å². The third-order valence-corrected chi connectivity index (χ3v) is 2.63. The molecule has 0 aliphatic heterocycles. The van der Waals surface area contributed by atoms with Crippen molar-refractivity contribution >= 4 is 5.97 Å². The predicted molar refractivity (Wildman–Crippen MR) is 64.3 cm³/mol. The lowest BCUT2D eigenvalue weighted by molar-refractivity contribution is -0.140. The highest BCUT2D eigenvalue weighted by Crippen LogP contribution is 2.08. The van der Waals surface area contributed by atoms with Gasteiger partial charge >= 0.3 is 5.97 Å². The Bertz CT molecular complexity index is 401. The number of carbonyl (C=O) groups is 1. The highest BCUT2D eigenvalue weighted by atomic mass is 19.1. The monoisotopic (exact) mass is 257 g/mol. The Morgan fingerprint density at radius 2 is 1.83 bits per heavy atom. The minimum Gasteiger partial charge on any atom is -0.480 e. The van der Waals surface area contributed by atoms with Crippen LogP contribution in [0.4, 0.5) is 8.78 Å². The van der Waals surface area contributed by atoms with E-state index >= 15 is 0 Å². The fourth-order valence-electron chi connectivity index (χ4n) is 1.74. The molecule has 2 N–H and O–H groups in total. The van der Waals surface area contributed by atoms with Crippen LogP contribution in [-0.4, -0.2) is 23.7 Å². The smallest absolute Gasteiger partial charge is 0.320 e. The van der Waals surface area contributed by atoms with Crippen molar-refractivity contribution in [3.8, 4) is 0 Å². The predicted octanol–water partition coefficient (Wildman–Crippen LogP) is 2.21. The SMILES string of the molecule is CC(C)C(NCCc1cc(F)cc(F)c1)C(=O)O. The minimum absolute atomic E-state index is 0.0493. The van der Waals surface area contributed by atoms with Gasteiger partial charge in [0.1, 0.15) is 17.7 Å². The largest absolute Gasteiger partial charge is 0.480 e. The standard InChI is InChI=1S/C13H17F2NO2/c1-8(2)12(13(17)18)16-4-3-9-5-10(14)7-11(15)6-9/h5-8,12,16H,3-4H2,1-2H3,(H,17,18). The average Bonchev–Trinajstić information content (AvgIpc) is 2.21. The summed E-state index contributed by atoms with van der Waals surface area (Å²) >= 11 is 0. The summed E-state index contributed by atoms with van der Waals surface area (Å²) in [6, 6.07) is 2.65. The summed E-state index contributed by atoms with van der Waals surface area (Å²) in [6.07, 6.45) is 0.380. The third-order valence-electron chi connectivity index (χ3n) is 2.63. The number of carboxylic acids is 1. The molecule has 0 saturated carbocycles. The summed E-state index contributed by atoms with van der Waals surface area (Å²) in [5, 5.41) is 11.8. The quantitative estimate of drug-likeness (QED) is 0.821. The van der Waals surface area contributed by atoms with E-state index in [4.69, 9.17) is 5.11 Å². The third kappa shape index (κ3) is 4.41. The minimum atomic E-state index is -0.921. The van der Waals surface area contributed by atoms with Crippen molar-refractivity contribution in [2.75, 3.05) is 6.54 Å². The summed E-state index contributed by atoms with van der Waals surface area (Å²) in [7, 11) is 0. The van der Waals surface area contributed by atoms with Gasteiger partial charge in [0.2, 0.25) is 0 Å². The van der Waals surface area contributed by atoms with Crippen LogP contribution in [0.3, 0.4) is 0 Å². The Hall–Kier alpha value is -1.49. The summed E-state index contributed by atoms with van der Waals surface area (Å²) in [4.78, 5) is 10.9. The number of hydrogen-bond acceptors (Lipinski definition) is 2. The van der Waals surface area contributed by atoms with Crippen LogP contribution in [0.2, 0.25) is 0 Å². The molecule has 5 heteroatoms. The van der Waals surface area contributed by atoms with Gasteiger partial charge in [-0.2, -0.15) is 0 Å². The second kappa shape index (κ2) is 6.44. The van der Waals surface area contributed by atoms with E-state index in [0.29, 0.717) is 18.5 Å². The molecule has 0 saturated heterocycles. The summed E-state index contributed by atoms with van der Waals surface area (Å²) < 4.78 is 25.8. The van der Waals surface area contributed by atoms with Gasteiger partial charge in [0.15, 0.2) is 0 Å². The molecular formula is C13H17F2NO2. The molecule has 0 aromatic heterocycles. The fourth-order valence-corrected chi connectivity index (χ4v) is 1.74. The molecule has 0 aliphatic rings. The normalized spacial score (nSPS) is 12.7. The molecule has 0 spiro atoms. The van der Waals surface area contributed by atoms with Crippen LogP contribution in [0.25, 0.3) is 0 Å². The van der Waals surface area contributed by atoms with E-state index in [-0.39, 0.29) is 5.92 Å². The van der Waals surface area contributed by atoms with Gasteiger partial charge in [-0.15, -0.1) is 0 Å². The van der Waals surface area contributed by atoms with Crippen LogP contribution in [0.15, 0.2) is 18.2 Å². The molecule has 0 aliphatic carbocycles. The molecule has 100 valence electrons. The molecule has 0 fully saturated rings. The first-order chi connectivity index (χ1) is 8.40. The van der Waals surface area contributed by atoms with Crippen molar-refractivity contribution < 1.29 is 18.7 Å². The maximum absolute atomic E-state index is 12.9. The van der Waals surface area contributed by atoms with E-state index in [9.17, 15) is 13.6 Å². The maximum Gasteiger partial charge on any atom is 0.320 e. The first kappa shape index (κ1) is 14.6. The van der Waals surface area contributed by atoms with E-state index in [1.165, 1.54) is 12.1 Å². The van der Waals surface area contributed by atoms with Crippen molar-refractivity contribution in [3.05, 3.63) is 35.4 Å². The van der Waals surface area contributed by atoms with Crippen LogP contribution < -0.4 is 5.32 Å². The van der Waals surface area contributed by atoms with Crippen molar-refractivity contribution in [1.29, 1.82) is 0 Å². The number of nitrogens with one attached hydrogen (secondary N) is 1. The zero-order valence-electron chi connectivity index (χ0n) is 10.4. The lowest BCUT2D eigenvalue weighted by Crippen LogP contribution is -2.41. The lowest BCUT2D eigenvalue weighted by Gasteiger charge is -2.17. The average molecular weight is 257 g/mol. The Balaban J connectivity index is 2.52. The highest BCUT2D eigenvalue weighted by Gasteiger charge is 2.20. The van der Waals surface area contributed by atoms with Gasteiger partial charge in [-0.05, 0) is 36.6 Å². The van der Waals surface area contributed by atoms with Crippen LogP contribution in [0.5, 0.6) is 0 Å². The van der Waals surface area contributed by atoms with Crippen LogP contribution in [-0.2, 0) is 11.2 Å². The number of hydrogen-bond donors (Lipinski definition) is 2. The second-order valence-electron chi connectivity index (χ2n) is 4.54. The lowest BCUT2D eigenvalue weighted by atomic mass is 10.0. The molecule has 1 unspecified atom stereocenters. The topological polar surface area (TPSA) is 49.3 Å². The molecular weight excluding hydrogens is 240 g/mol. The van der Waals surface area contributed by atoms with Gasteiger partial charge in [0, 0.05) is 6.07 Å². The molecule has 0 amide bonds. The van der Waals surface area contributed by atoms with Crippen LogP contribution >= 0.6 is 0 Å². The van der Waals surface area contributed by atoms with E-state index in [2.05, 4.69) is 5.32 Å². The molecule has 3 nitrogen and oxygen atoms in total. The summed E-state index contributed by atoms with van der Waals surface area (Å²) in [5.74, 6) is -2.21. The Labute approximate surface area is 105 Å². The Morgan fingerprint density at radius 3 is 2.28 bits per heavy atom. The number of rotatable bonds is 6. The molecule has 1 rings (SSSR count). The molecule has 1 aromatic rings. The van der Waals surface area contributed by atoms with Crippen LogP contribution in [0.1, 0.15) is 19.4 Å². The molecule has 1 aromatic carbocycles. The van der Waals surface area contributed by atoms with E-state index in [1.807, 2.05) is 0 Å². The van der Waals surface area contributed by atoms with Gasteiger partial charge in [-0.3, -0.25) is 4.79 Å². The molecule has 0 radical (unpaired) electrons. The van der Waals surface area contributed by atoms with Gasteiger partial charge < -0.3 is 10.4 Å². The van der Waals surface area contributed by atoms with Crippen molar-refractivity contribution in [2.24, 2.45) is 5.92 Å². The Kier molecular flexibility index (Phi) is 5.22. The Morgan fingerprint density at radius 1 is 1.28 bits per heavy atom. The second-order valence-corrected chi connectivity index (χ2v) is 4.54. The first-order valence-corrected chi connectivity index (χ1v) is 5.81. The summed E-state index contributed by atoms with van der Waals surface area (Å²) in [5.41, 5.74) is 0.507. The van der Waals surface area contributed by atoms with Crippen molar-refractivity contribution in [2.45, 2.75) is 26.3 Å². The molecule has 0 bridgehead atoms. The number of halogens is 2. The molecule has 0 heterocycles. The number of aliphatic carboxylic acids is 1. The summed E-state index contributed by atoms with van der Waals surface area (Å²) in [6.45, 7) is 3.96. The molecule has 18 heavy (non-hydrogen) atoms. The molecule has 1 atom stereocenters. The van der Waals surface area contributed by atoms with Crippen molar-refractivity contribution in [3.63, 3.8) is 0 Å². The zero-order chi connectivity index (χ0) is 13.7. The first-order valence-electron chi connectivity index (χ1n) is 5.81. The van der Waals surface area contributed by atoms with E-state index in [1.54, 1.807) is 13.8 Å². The van der Waals surface area contributed by atoms with Gasteiger partial charge in [-0.25, -0.2) is 8.78 Å². The van der Waals surface area contributed by atoms with E-state index in [0.717, 1.165) is 6.07 Å². The number of carboxylic acid groups (broad SMARTS) is 1. The van der Waals surface area contributed by atoms with Crippen LogP contribution in [0, 0.1) is 17.6 Å². The highest BCUT2D eigenvalue weighted by molar-refractivity contribution is 5.73. The van der Waals surface area contributed by atoms with Gasteiger partial charge in [0.25, 0.3) is 0 Å².